The van der Waals surface area contributed by atoms with E-state index in [2.05, 4.69) is 12.2 Å². The highest BCUT2D eigenvalue weighted by atomic mass is 16.5. The fourth-order valence-electron chi connectivity index (χ4n) is 3.73. The zero-order valence-corrected chi connectivity index (χ0v) is 14.3. The summed E-state index contributed by atoms with van der Waals surface area (Å²) >= 11 is 0. The summed E-state index contributed by atoms with van der Waals surface area (Å²) in [5.41, 5.74) is 1.14. The molecule has 1 saturated carbocycles. The number of benzene rings is 1. The van der Waals surface area contributed by atoms with Gasteiger partial charge in [0.05, 0.1) is 5.69 Å². The summed E-state index contributed by atoms with van der Waals surface area (Å²) in [5.74, 6) is 1.37. The van der Waals surface area contributed by atoms with Crippen LogP contribution in [-0.2, 0) is 9.59 Å². The third-order valence-corrected chi connectivity index (χ3v) is 5.50. The van der Waals surface area contributed by atoms with Gasteiger partial charge in [-0.3, -0.25) is 14.4 Å². The van der Waals surface area contributed by atoms with Gasteiger partial charge in [0.25, 0.3) is 5.91 Å². The van der Waals surface area contributed by atoms with Gasteiger partial charge in [-0.15, -0.1) is 0 Å². The third kappa shape index (κ3) is 3.13. The number of piperidine rings is 1. The van der Waals surface area contributed by atoms with E-state index < -0.39 is 0 Å². The number of amides is 2. The molecule has 1 N–H and O–H groups in total. The number of hydrogen-bond donors (Lipinski definition) is 1. The smallest absolute Gasteiger partial charge is 0.262 e. The molecular weight excluding hydrogens is 320 g/mol. The Morgan fingerprint density at radius 3 is 2.64 bits per heavy atom. The highest BCUT2D eigenvalue weighted by Crippen LogP contribution is 2.40. The van der Waals surface area contributed by atoms with E-state index in [0.717, 1.165) is 6.42 Å². The number of likely N-dealkylation sites (tertiary alicyclic amines) is 1. The van der Waals surface area contributed by atoms with Crippen molar-refractivity contribution in [3.63, 3.8) is 0 Å². The minimum absolute atomic E-state index is 0.00634. The summed E-state index contributed by atoms with van der Waals surface area (Å²) in [4.78, 5) is 38.4. The van der Waals surface area contributed by atoms with Gasteiger partial charge < -0.3 is 15.0 Å². The first kappa shape index (κ1) is 16.1. The van der Waals surface area contributed by atoms with E-state index in [1.54, 1.807) is 18.2 Å². The van der Waals surface area contributed by atoms with E-state index in [-0.39, 0.29) is 36.0 Å². The van der Waals surface area contributed by atoms with Crippen LogP contribution in [0.1, 0.15) is 36.5 Å². The summed E-state index contributed by atoms with van der Waals surface area (Å²) in [6.45, 7) is 3.43. The van der Waals surface area contributed by atoms with Gasteiger partial charge in [0.2, 0.25) is 5.91 Å². The maximum atomic E-state index is 12.8. The van der Waals surface area contributed by atoms with Crippen molar-refractivity contribution in [3.8, 4) is 5.75 Å². The number of nitrogens with zero attached hydrogens (tertiary/aromatic N) is 1. The third-order valence-electron chi connectivity index (χ3n) is 5.50. The molecule has 132 valence electrons. The molecule has 4 rings (SSSR count). The van der Waals surface area contributed by atoms with Gasteiger partial charge in [-0.05, 0) is 43.4 Å². The topological polar surface area (TPSA) is 75.7 Å². The number of rotatable bonds is 3. The molecule has 0 bridgehead atoms. The maximum absolute atomic E-state index is 12.8. The molecule has 1 saturated heterocycles. The second-order valence-corrected chi connectivity index (χ2v) is 7.33. The van der Waals surface area contributed by atoms with Crippen molar-refractivity contribution >= 4 is 23.3 Å². The Kier molecular flexibility index (Phi) is 3.98. The Morgan fingerprint density at radius 2 is 1.96 bits per heavy atom. The number of carbonyl (C=O) groups excluding carboxylic acids is 3. The lowest BCUT2D eigenvalue weighted by Gasteiger charge is -2.31. The Morgan fingerprint density at radius 1 is 1.24 bits per heavy atom. The molecule has 3 aliphatic rings. The van der Waals surface area contributed by atoms with E-state index in [1.807, 2.05) is 4.90 Å². The van der Waals surface area contributed by atoms with Crippen molar-refractivity contribution in [2.75, 3.05) is 25.0 Å². The van der Waals surface area contributed by atoms with Crippen LogP contribution in [0.3, 0.4) is 0 Å². The molecule has 2 fully saturated rings. The number of hydrogen-bond acceptors (Lipinski definition) is 4. The van der Waals surface area contributed by atoms with Crippen LogP contribution in [-0.4, -0.2) is 42.2 Å². The average molecular weight is 342 g/mol. The van der Waals surface area contributed by atoms with Crippen LogP contribution >= 0.6 is 0 Å². The number of Topliss-reactive ketones (excluding diaryl/α,β-unsaturated/α-hetero) is 1. The molecule has 25 heavy (non-hydrogen) atoms. The van der Waals surface area contributed by atoms with Crippen molar-refractivity contribution < 1.29 is 19.1 Å². The first-order valence-electron chi connectivity index (χ1n) is 8.92. The van der Waals surface area contributed by atoms with Crippen molar-refractivity contribution in [2.24, 2.45) is 17.8 Å². The lowest BCUT2D eigenvalue weighted by molar-refractivity contribution is -0.134. The molecule has 0 unspecified atom stereocenters. The van der Waals surface area contributed by atoms with E-state index >= 15 is 0 Å². The Bertz CT molecular complexity index is 737. The molecule has 2 aliphatic heterocycles. The predicted octanol–water partition coefficient (Wildman–Crippen LogP) is 2.09. The van der Waals surface area contributed by atoms with E-state index in [0.29, 0.717) is 48.8 Å². The van der Waals surface area contributed by atoms with Crippen LogP contribution in [0.25, 0.3) is 0 Å². The fraction of sp³-hybridized carbons (Fsp3) is 0.526. The number of ketones is 1. The lowest BCUT2D eigenvalue weighted by atomic mass is 9.88. The first-order chi connectivity index (χ1) is 12.0. The van der Waals surface area contributed by atoms with Crippen molar-refractivity contribution in [1.29, 1.82) is 0 Å². The fourth-order valence-corrected chi connectivity index (χ4v) is 3.73. The number of nitrogens with one attached hydrogen (secondary N) is 1. The average Bonchev–Trinajstić information content (AvgIpc) is 3.36. The molecule has 6 nitrogen and oxygen atoms in total. The molecule has 1 aliphatic carbocycles. The summed E-state index contributed by atoms with van der Waals surface area (Å²) in [5, 5.41) is 2.73. The van der Waals surface area contributed by atoms with Crippen LogP contribution in [0.4, 0.5) is 5.69 Å². The summed E-state index contributed by atoms with van der Waals surface area (Å²) < 4.78 is 5.33. The van der Waals surface area contributed by atoms with Gasteiger partial charge >= 0.3 is 0 Å². The second kappa shape index (κ2) is 6.17. The Hall–Kier alpha value is -2.37. The van der Waals surface area contributed by atoms with Crippen LogP contribution in [0.2, 0.25) is 0 Å². The number of fused-ring (bicyclic) bond motifs is 1. The normalized spacial score (nSPS) is 25.6. The molecular formula is C19H22N2O4. The number of ether oxygens (including phenoxy) is 1. The van der Waals surface area contributed by atoms with Crippen LogP contribution in [0, 0.1) is 17.8 Å². The lowest BCUT2D eigenvalue weighted by Crippen LogP contribution is -2.41. The van der Waals surface area contributed by atoms with Gasteiger partial charge in [-0.2, -0.15) is 0 Å². The molecule has 2 atom stereocenters. The standard InChI is InChI=1S/C19H22N2O4/c1-11-8-14(11)19(24)21-6-4-12(5-7-21)18(23)13-2-3-16-15(9-13)20-17(22)10-25-16/h2-3,9,11-12,14H,4-8,10H2,1H3,(H,20,22)/t11-,14-/m1/s1. The van der Waals surface area contributed by atoms with E-state index in [4.69, 9.17) is 4.74 Å². The molecule has 0 spiro atoms. The quantitative estimate of drug-likeness (QED) is 0.854. The zero-order valence-electron chi connectivity index (χ0n) is 14.3. The van der Waals surface area contributed by atoms with Gasteiger partial charge in [-0.1, -0.05) is 6.92 Å². The minimum atomic E-state index is -0.210. The zero-order chi connectivity index (χ0) is 17.6. The molecule has 2 amide bonds. The van der Waals surface area contributed by atoms with Crippen LogP contribution < -0.4 is 10.1 Å². The van der Waals surface area contributed by atoms with E-state index in [9.17, 15) is 14.4 Å². The highest BCUT2D eigenvalue weighted by Gasteiger charge is 2.42. The van der Waals surface area contributed by atoms with Gasteiger partial charge in [0.1, 0.15) is 5.75 Å². The number of anilines is 1. The van der Waals surface area contributed by atoms with Crippen LogP contribution in [0.5, 0.6) is 5.75 Å². The largest absolute Gasteiger partial charge is 0.482 e. The number of carbonyl (C=O) groups is 3. The van der Waals surface area contributed by atoms with Crippen molar-refractivity contribution in [2.45, 2.75) is 26.2 Å². The SMILES string of the molecule is C[C@@H]1C[C@H]1C(=O)N1CCC(C(=O)c2ccc3c(c2)NC(=O)CO3)CC1. The van der Waals surface area contributed by atoms with E-state index in [1.165, 1.54) is 0 Å². The summed E-state index contributed by atoms with van der Waals surface area (Å²) in [7, 11) is 0. The molecule has 1 aromatic carbocycles. The molecule has 0 radical (unpaired) electrons. The minimum Gasteiger partial charge on any atom is -0.482 e. The Balaban J connectivity index is 1.40. The first-order valence-corrected chi connectivity index (χ1v) is 8.92. The van der Waals surface area contributed by atoms with Crippen molar-refractivity contribution in [1.82, 2.24) is 4.90 Å². The predicted molar refractivity (Wildman–Crippen MR) is 91.5 cm³/mol. The van der Waals surface area contributed by atoms with Gasteiger partial charge in [-0.25, -0.2) is 0 Å². The monoisotopic (exact) mass is 342 g/mol. The Labute approximate surface area is 146 Å². The molecule has 6 heteroatoms. The molecule has 1 aromatic rings. The van der Waals surface area contributed by atoms with Crippen molar-refractivity contribution in [3.05, 3.63) is 23.8 Å². The second-order valence-electron chi connectivity index (χ2n) is 7.33. The molecule has 0 aromatic heterocycles. The maximum Gasteiger partial charge on any atom is 0.262 e. The highest BCUT2D eigenvalue weighted by molar-refractivity contribution is 6.01. The van der Waals surface area contributed by atoms with Gasteiger partial charge in [0, 0.05) is 30.5 Å². The van der Waals surface area contributed by atoms with Gasteiger partial charge in [0.15, 0.2) is 12.4 Å². The summed E-state index contributed by atoms with van der Waals surface area (Å²) in [6.07, 6.45) is 2.40. The molecule has 2 heterocycles. The summed E-state index contributed by atoms with van der Waals surface area (Å²) in [6, 6.07) is 5.18. The van der Waals surface area contributed by atoms with Crippen LogP contribution in [0.15, 0.2) is 18.2 Å².